The van der Waals surface area contributed by atoms with Crippen LogP contribution >= 0.6 is 0 Å². The van der Waals surface area contributed by atoms with Crippen LogP contribution in [-0.4, -0.2) is 9.97 Å². The lowest BCUT2D eigenvalue weighted by Crippen LogP contribution is -2.07. The van der Waals surface area contributed by atoms with Gasteiger partial charge in [0.15, 0.2) is 0 Å². The van der Waals surface area contributed by atoms with Gasteiger partial charge in [-0.1, -0.05) is 18.2 Å². The summed E-state index contributed by atoms with van der Waals surface area (Å²) in [4.78, 5) is 8.15. The zero-order valence-electron chi connectivity index (χ0n) is 10.7. The number of fused-ring (bicyclic) bond motifs is 1. The van der Waals surface area contributed by atoms with Crippen LogP contribution in [0.4, 0.5) is 19.0 Å². The molecule has 0 bridgehead atoms. The molecule has 0 saturated heterocycles. The summed E-state index contributed by atoms with van der Waals surface area (Å²) in [5.74, 6) is -0.166. The number of hydrogen-bond donors (Lipinski definition) is 1. The number of halogens is 3. The van der Waals surface area contributed by atoms with E-state index in [1.54, 1.807) is 30.5 Å². The maximum absolute atomic E-state index is 12.8. The van der Waals surface area contributed by atoms with Crippen molar-refractivity contribution < 1.29 is 13.2 Å². The zero-order valence-corrected chi connectivity index (χ0v) is 10.7. The van der Waals surface area contributed by atoms with Crippen molar-refractivity contribution in [3.63, 3.8) is 0 Å². The van der Waals surface area contributed by atoms with Crippen molar-refractivity contribution in [1.29, 1.82) is 0 Å². The number of nitrogen functional groups attached to an aromatic ring is 1. The fourth-order valence-electron chi connectivity index (χ4n) is 2.09. The molecule has 21 heavy (non-hydrogen) atoms. The van der Waals surface area contributed by atoms with Gasteiger partial charge in [0.2, 0.25) is 0 Å². The lowest BCUT2D eigenvalue weighted by molar-refractivity contribution is -0.137. The van der Waals surface area contributed by atoms with Crippen molar-refractivity contribution in [2.75, 3.05) is 5.73 Å². The first-order chi connectivity index (χ1) is 9.93. The largest absolute Gasteiger partial charge is 0.416 e. The summed E-state index contributed by atoms with van der Waals surface area (Å²) < 4.78 is 38.5. The standard InChI is InChI=1S/C15H10F3N3/c16-15(17,18)11-7-13(21-14(19)8-11)10-4-3-9-2-1-5-20-12(9)6-10/h1-8H,(H2,19,21). The van der Waals surface area contributed by atoms with Crippen molar-refractivity contribution in [1.82, 2.24) is 9.97 Å². The van der Waals surface area contributed by atoms with Gasteiger partial charge in [-0.05, 0) is 24.3 Å². The monoisotopic (exact) mass is 289 g/mol. The van der Waals surface area contributed by atoms with Gasteiger partial charge in [-0.25, -0.2) is 4.98 Å². The quantitative estimate of drug-likeness (QED) is 0.739. The fraction of sp³-hybridized carbons (Fsp3) is 0.0667. The van der Waals surface area contributed by atoms with Crippen molar-refractivity contribution in [3.05, 3.63) is 54.2 Å². The molecule has 0 radical (unpaired) electrons. The van der Waals surface area contributed by atoms with Gasteiger partial charge in [-0.2, -0.15) is 13.2 Å². The highest BCUT2D eigenvalue weighted by atomic mass is 19.4. The number of hydrogen-bond acceptors (Lipinski definition) is 3. The molecule has 3 rings (SSSR count). The second-order valence-corrected chi connectivity index (χ2v) is 4.57. The average molecular weight is 289 g/mol. The molecule has 0 unspecified atom stereocenters. The molecule has 2 heterocycles. The maximum atomic E-state index is 12.8. The highest BCUT2D eigenvalue weighted by molar-refractivity contribution is 5.83. The van der Waals surface area contributed by atoms with Gasteiger partial charge >= 0.3 is 6.18 Å². The van der Waals surface area contributed by atoms with E-state index in [2.05, 4.69) is 9.97 Å². The van der Waals surface area contributed by atoms with Gasteiger partial charge in [0.1, 0.15) is 5.82 Å². The van der Waals surface area contributed by atoms with E-state index in [-0.39, 0.29) is 11.5 Å². The molecule has 1 aromatic carbocycles. The summed E-state index contributed by atoms with van der Waals surface area (Å²) >= 11 is 0. The van der Waals surface area contributed by atoms with Crippen molar-refractivity contribution in [2.45, 2.75) is 6.18 Å². The number of anilines is 1. The van der Waals surface area contributed by atoms with E-state index in [1.807, 2.05) is 6.07 Å². The summed E-state index contributed by atoms with van der Waals surface area (Å²) in [7, 11) is 0. The Labute approximate surface area is 118 Å². The molecule has 0 fully saturated rings. The second kappa shape index (κ2) is 4.73. The molecular formula is C15H10F3N3. The van der Waals surface area contributed by atoms with E-state index in [4.69, 9.17) is 5.73 Å². The van der Waals surface area contributed by atoms with Crippen LogP contribution in [0.3, 0.4) is 0 Å². The second-order valence-electron chi connectivity index (χ2n) is 4.57. The number of nitrogens with zero attached hydrogens (tertiary/aromatic N) is 2. The van der Waals surface area contributed by atoms with E-state index in [0.29, 0.717) is 11.1 Å². The van der Waals surface area contributed by atoms with Crippen LogP contribution in [0.15, 0.2) is 48.7 Å². The summed E-state index contributed by atoms with van der Waals surface area (Å²) in [6.07, 6.45) is -2.83. The van der Waals surface area contributed by atoms with Crippen LogP contribution in [0.5, 0.6) is 0 Å². The van der Waals surface area contributed by atoms with Gasteiger partial charge in [-0.15, -0.1) is 0 Å². The molecule has 0 saturated carbocycles. The van der Waals surface area contributed by atoms with Crippen molar-refractivity contribution in [2.24, 2.45) is 0 Å². The molecule has 2 aromatic heterocycles. The van der Waals surface area contributed by atoms with Crippen LogP contribution in [0.1, 0.15) is 5.56 Å². The van der Waals surface area contributed by atoms with E-state index in [1.165, 1.54) is 0 Å². The Balaban J connectivity index is 2.16. The summed E-state index contributed by atoms with van der Waals surface area (Å²) in [6, 6.07) is 10.7. The first kappa shape index (κ1) is 13.4. The minimum absolute atomic E-state index is 0.166. The maximum Gasteiger partial charge on any atom is 0.416 e. The topological polar surface area (TPSA) is 51.8 Å². The van der Waals surface area contributed by atoms with Gasteiger partial charge in [0, 0.05) is 17.1 Å². The fourth-order valence-corrected chi connectivity index (χ4v) is 2.09. The van der Waals surface area contributed by atoms with E-state index < -0.39 is 11.7 Å². The molecule has 0 aliphatic rings. The van der Waals surface area contributed by atoms with Gasteiger partial charge in [0.25, 0.3) is 0 Å². The zero-order chi connectivity index (χ0) is 15.0. The molecular weight excluding hydrogens is 279 g/mol. The average Bonchev–Trinajstić information content (AvgIpc) is 2.45. The number of aromatic nitrogens is 2. The molecule has 0 spiro atoms. The lowest BCUT2D eigenvalue weighted by atomic mass is 10.1. The number of rotatable bonds is 1. The third-order valence-electron chi connectivity index (χ3n) is 3.07. The molecule has 6 heteroatoms. The van der Waals surface area contributed by atoms with Crippen molar-refractivity contribution >= 4 is 16.7 Å². The molecule has 106 valence electrons. The molecule has 3 aromatic rings. The van der Waals surface area contributed by atoms with Crippen molar-refractivity contribution in [3.8, 4) is 11.3 Å². The predicted octanol–water partition coefficient (Wildman–Crippen LogP) is 3.90. The Morgan fingerprint density at radius 1 is 1.00 bits per heavy atom. The molecule has 2 N–H and O–H groups in total. The van der Waals surface area contributed by atoms with E-state index in [0.717, 1.165) is 17.5 Å². The molecule has 0 atom stereocenters. The SMILES string of the molecule is Nc1cc(C(F)(F)F)cc(-c2ccc3cccnc3c2)n1. The summed E-state index contributed by atoms with van der Waals surface area (Å²) in [6.45, 7) is 0. The number of alkyl halides is 3. The Morgan fingerprint density at radius 2 is 1.81 bits per heavy atom. The van der Waals surface area contributed by atoms with Crippen LogP contribution in [0, 0.1) is 0 Å². The van der Waals surface area contributed by atoms with Crippen LogP contribution in [-0.2, 0) is 6.18 Å². The Hall–Kier alpha value is -2.63. The number of pyridine rings is 2. The first-order valence-electron chi connectivity index (χ1n) is 6.13. The Bertz CT molecular complexity index is 813. The van der Waals surface area contributed by atoms with Crippen LogP contribution in [0.2, 0.25) is 0 Å². The highest BCUT2D eigenvalue weighted by Gasteiger charge is 2.31. The smallest absolute Gasteiger partial charge is 0.384 e. The summed E-state index contributed by atoms with van der Waals surface area (Å²) in [5.41, 5.74) is 6.07. The van der Waals surface area contributed by atoms with Gasteiger partial charge in [0.05, 0.1) is 16.8 Å². The number of nitrogens with two attached hydrogens (primary N) is 1. The predicted molar refractivity (Wildman–Crippen MR) is 74.4 cm³/mol. The molecule has 0 aliphatic heterocycles. The van der Waals surface area contributed by atoms with E-state index >= 15 is 0 Å². The molecule has 3 nitrogen and oxygen atoms in total. The highest BCUT2D eigenvalue weighted by Crippen LogP contribution is 2.33. The van der Waals surface area contributed by atoms with Gasteiger partial charge in [-0.3, -0.25) is 4.98 Å². The number of benzene rings is 1. The van der Waals surface area contributed by atoms with Gasteiger partial charge < -0.3 is 5.73 Å². The third kappa shape index (κ3) is 2.65. The minimum atomic E-state index is -4.46. The molecule has 0 aliphatic carbocycles. The minimum Gasteiger partial charge on any atom is -0.384 e. The Morgan fingerprint density at radius 3 is 2.57 bits per heavy atom. The lowest BCUT2D eigenvalue weighted by Gasteiger charge is -2.10. The summed E-state index contributed by atoms with van der Waals surface area (Å²) in [5, 5.41) is 0.904. The Kier molecular flexibility index (Phi) is 3.01. The first-order valence-corrected chi connectivity index (χ1v) is 6.13. The van der Waals surface area contributed by atoms with E-state index in [9.17, 15) is 13.2 Å². The third-order valence-corrected chi connectivity index (χ3v) is 3.07. The van der Waals surface area contributed by atoms with Crippen LogP contribution < -0.4 is 5.73 Å². The van der Waals surface area contributed by atoms with Crippen LogP contribution in [0.25, 0.3) is 22.2 Å². The molecule has 0 amide bonds. The normalized spacial score (nSPS) is 11.8.